The number of carbonyl (C=O) groups is 1. The molecule has 1 aromatic heterocycles. The zero-order valence-corrected chi connectivity index (χ0v) is 10.7. The van der Waals surface area contributed by atoms with Crippen LogP contribution in [0.5, 0.6) is 5.88 Å². The average molecular weight is 258 g/mol. The highest BCUT2D eigenvalue weighted by molar-refractivity contribution is 6.03. The maximum atomic E-state index is 12.0. The highest BCUT2D eigenvalue weighted by atomic mass is 16.5. The van der Waals surface area contributed by atoms with Crippen molar-refractivity contribution in [3.8, 4) is 5.88 Å². The summed E-state index contributed by atoms with van der Waals surface area (Å²) in [7, 11) is 1.47. The van der Waals surface area contributed by atoms with Crippen LogP contribution in [0.2, 0.25) is 0 Å². The Bertz CT molecular complexity index is 596. The van der Waals surface area contributed by atoms with E-state index in [1.54, 1.807) is 12.1 Å². The summed E-state index contributed by atoms with van der Waals surface area (Å²) in [6, 6.07) is 8.65. The number of ether oxygens (including phenoxy) is 1. The third-order valence-electron chi connectivity index (χ3n) is 2.47. The Morgan fingerprint density at radius 2 is 1.95 bits per heavy atom. The number of nitrogens with two attached hydrogens (primary N) is 1. The van der Waals surface area contributed by atoms with E-state index in [0.717, 1.165) is 5.56 Å². The molecule has 0 spiro atoms. The minimum Gasteiger partial charge on any atom is -0.481 e. The second kappa shape index (κ2) is 5.34. The highest BCUT2D eigenvalue weighted by Crippen LogP contribution is 2.14. The first-order valence-electron chi connectivity index (χ1n) is 5.65. The second-order valence-electron chi connectivity index (χ2n) is 3.98. The fourth-order valence-corrected chi connectivity index (χ4v) is 1.48. The summed E-state index contributed by atoms with van der Waals surface area (Å²) in [5.41, 5.74) is 7.19. The van der Waals surface area contributed by atoms with Crippen LogP contribution in [-0.4, -0.2) is 23.0 Å². The first kappa shape index (κ1) is 12.8. The monoisotopic (exact) mass is 258 g/mol. The maximum absolute atomic E-state index is 12.0. The number of nitrogen functional groups attached to an aromatic ring is 1. The van der Waals surface area contributed by atoms with E-state index < -0.39 is 0 Å². The average Bonchev–Trinajstić information content (AvgIpc) is 2.38. The van der Waals surface area contributed by atoms with Crippen LogP contribution >= 0.6 is 0 Å². The van der Waals surface area contributed by atoms with Crippen LogP contribution < -0.4 is 15.8 Å². The molecule has 19 heavy (non-hydrogen) atoms. The summed E-state index contributed by atoms with van der Waals surface area (Å²) >= 11 is 0. The Morgan fingerprint density at radius 1 is 1.26 bits per heavy atom. The number of anilines is 2. The number of nitrogens with one attached hydrogen (secondary N) is 1. The second-order valence-corrected chi connectivity index (χ2v) is 3.98. The minimum absolute atomic E-state index is 0.113. The molecule has 1 heterocycles. The molecule has 0 unspecified atom stereocenters. The van der Waals surface area contributed by atoms with E-state index in [1.807, 2.05) is 19.1 Å². The summed E-state index contributed by atoms with van der Waals surface area (Å²) in [5.74, 6) is 0.341. The summed E-state index contributed by atoms with van der Waals surface area (Å²) in [4.78, 5) is 19.9. The van der Waals surface area contributed by atoms with Gasteiger partial charge in [0.2, 0.25) is 11.8 Å². The Kier molecular flexibility index (Phi) is 3.61. The van der Waals surface area contributed by atoms with Gasteiger partial charge in [0, 0.05) is 11.6 Å². The van der Waals surface area contributed by atoms with Crippen molar-refractivity contribution in [2.45, 2.75) is 6.92 Å². The molecule has 0 aliphatic rings. The fraction of sp³-hybridized carbons (Fsp3) is 0.154. The van der Waals surface area contributed by atoms with Crippen molar-refractivity contribution in [2.75, 3.05) is 18.2 Å². The van der Waals surface area contributed by atoms with Crippen LogP contribution in [0.15, 0.2) is 30.3 Å². The van der Waals surface area contributed by atoms with Crippen LogP contribution in [0.3, 0.4) is 0 Å². The van der Waals surface area contributed by atoms with Gasteiger partial charge in [-0.3, -0.25) is 10.1 Å². The van der Waals surface area contributed by atoms with Crippen molar-refractivity contribution in [3.05, 3.63) is 41.5 Å². The number of nitrogens with zero attached hydrogens (tertiary/aromatic N) is 2. The van der Waals surface area contributed by atoms with Gasteiger partial charge in [-0.15, -0.1) is 0 Å². The van der Waals surface area contributed by atoms with Gasteiger partial charge in [-0.05, 0) is 19.1 Å². The van der Waals surface area contributed by atoms with Gasteiger partial charge in [0.1, 0.15) is 5.82 Å². The molecule has 1 aromatic carbocycles. The Hall–Kier alpha value is -2.63. The molecule has 6 nitrogen and oxygen atoms in total. The maximum Gasteiger partial charge on any atom is 0.258 e. The summed E-state index contributed by atoms with van der Waals surface area (Å²) in [6.45, 7) is 1.95. The summed E-state index contributed by atoms with van der Waals surface area (Å²) in [6.07, 6.45) is 0. The van der Waals surface area contributed by atoms with Gasteiger partial charge in [0.05, 0.1) is 7.11 Å². The van der Waals surface area contributed by atoms with Gasteiger partial charge in [-0.25, -0.2) is 0 Å². The molecule has 0 saturated heterocycles. The van der Waals surface area contributed by atoms with Gasteiger partial charge in [0.15, 0.2) is 0 Å². The molecular formula is C13H14N4O2. The van der Waals surface area contributed by atoms with Crippen molar-refractivity contribution in [2.24, 2.45) is 0 Å². The summed E-state index contributed by atoms with van der Waals surface area (Å²) in [5, 5.41) is 2.57. The van der Waals surface area contributed by atoms with E-state index in [-0.39, 0.29) is 17.7 Å². The van der Waals surface area contributed by atoms with E-state index in [1.165, 1.54) is 13.2 Å². The first-order valence-corrected chi connectivity index (χ1v) is 5.65. The van der Waals surface area contributed by atoms with Crippen molar-refractivity contribution >= 4 is 17.7 Å². The minimum atomic E-state index is -0.298. The number of carbonyl (C=O) groups excluding carboxylic acids is 1. The van der Waals surface area contributed by atoms with Crippen molar-refractivity contribution in [1.82, 2.24) is 9.97 Å². The zero-order chi connectivity index (χ0) is 13.8. The van der Waals surface area contributed by atoms with Crippen LogP contribution in [0, 0.1) is 6.92 Å². The van der Waals surface area contributed by atoms with Crippen molar-refractivity contribution in [1.29, 1.82) is 0 Å². The highest BCUT2D eigenvalue weighted by Gasteiger charge is 2.09. The topological polar surface area (TPSA) is 90.1 Å². The van der Waals surface area contributed by atoms with Gasteiger partial charge < -0.3 is 10.5 Å². The van der Waals surface area contributed by atoms with Crippen LogP contribution in [0.1, 0.15) is 15.9 Å². The quantitative estimate of drug-likeness (QED) is 0.873. The van der Waals surface area contributed by atoms with E-state index in [2.05, 4.69) is 15.3 Å². The largest absolute Gasteiger partial charge is 0.481 e. The molecule has 0 atom stereocenters. The molecule has 0 bridgehead atoms. The number of amides is 1. The fourth-order valence-electron chi connectivity index (χ4n) is 1.48. The predicted molar refractivity (Wildman–Crippen MR) is 72.1 cm³/mol. The molecule has 0 fully saturated rings. The molecule has 6 heteroatoms. The molecule has 0 aliphatic carbocycles. The van der Waals surface area contributed by atoms with Crippen LogP contribution in [0.4, 0.5) is 11.8 Å². The SMILES string of the molecule is COc1cc(N)nc(NC(=O)c2ccc(C)cc2)n1. The van der Waals surface area contributed by atoms with Gasteiger partial charge >= 0.3 is 0 Å². The lowest BCUT2D eigenvalue weighted by molar-refractivity contribution is 0.102. The standard InChI is InChI=1S/C13H14N4O2/c1-8-3-5-9(6-4-8)12(18)17-13-15-10(14)7-11(16-13)19-2/h3-7H,1-2H3,(H3,14,15,16,17,18). The zero-order valence-electron chi connectivity index (χ0n) is 10.7. The number of hydrogen-bond donors (Lipinski definition) is 2. The van der Waals surface area contributed by atoms with E-state index in [0.29, 0.717) is 11.4 Å². The molecule has 3 N–H and O–H groups in total. The normalized spacial score (nSPS) is 10.0. The smallest absolute Gasteiger partial charge is 0.258 e. The molecule has 98 valence electrons. The van der Waals surface area contributed by atoms with E-state index >= 15 is 0 Å². The molecular weight excluding hydrogens is 244 g/mol. The lowest BCUT2D eigenvalue weighted by Crippen LogP contribution is -2.15. The summed E-state index contributed by atoms with van der Waals surface area (Å²) < 4.78 is 4.96. The van der Waals surface area contributed by atoms with Crippen molar-refractivity contribution in [3.63, 3.8) is 0 Å². The first-order chi connectivity index (χ1) is 9.08. The number of benzene rings is 1. The van der Waals surface area contributed by atoms with Crippen LogP contribution in [0.25, 0.3) is 0 Å². The van der Waals surface area contributed by atoms with Gasteiger partial charge in [-0.1, -0.05) is 17.7 Å². The number of aryl methyl sites for hydroxylation is 1. The van der Waals surface area contributed by atoms with Gasteiger partial charge in [-0.2, -0.15) is 9.97 Å². The Morgan fingerprint density at radius 3 is 2.58 bits per heavy atom. The van der Waals surface area contributed by atoms with E-state index in [4.69, 9.17) is 10.5 Å². The van der Waals surface area contributed by atoms with Crippen molar-refractivity contribution < 1.29 is 9.53 Å². The third kappa shape index (κ3) is 3.19. The molecule has 0 radical (unpaired) electrons. The molecule has 0 aliphatic heterocycles. The number of methoxy groups -OCH3 is 1. The lowest BCUT2D eigenvalue weighted by Gasteiger charge is -2.06. The molecule has 2 aromatic rings. The number of hydrogen-bond acceptors (Lipinski definition) is 5. The number of rotatable bonds is 3. The van der Waals surface area contributed by atoms with Gasteiger partial charge in [0.25, 0.3) is 5.91 Å². The predicted octanol–water partition coefficient (Wildman–Crippen LogP) is 1.63. The van der Waals surface area contributed by atoms with E-state index in [9.17, 15) is 4.79 Å². The third-order valence-corrected chi connectivity index (χ3v) is 2.47. The molecule has 1 amide bonds. The Balaban J connectivity index is 2.18. The molecule has 0 saturated carbocycles. The Labute approximate surface area is 110 Å². The molecule has 2 rings (SSSR count). The van der Waals surface area contributed by atoms with Crippen LogP contribution in [-0.2, 0) is 0 Å². The lowest BCUT2D eigenvalue weighted by atomic mass is 10.1. The number of aromatic nitrogens is 2.